The van der Waals surface area contributed by atoms with Crippen LogP contribution in [-0.4, -0.2) is 58.3 Å². The van der Waals surface area contributed by atoms with Gasteiger partial charge in [0, 0.05) is 12.0 Å². The van der Waals surface area contributed by atoms with Crippen molar-refractivity contribution in [1.29, 1.82) is 0 Å². The number of carbonyl (C=O) groups is 2. The van der Waals surface area contributed by atoms with Crippen LogP contribution in [0, 0.1) is 0 Å². The molecule has 3 N–H and O–H groups in total. The van der Waals surface area contributed by atoms with Crippen molar-refractivity contribution in [1.82, 2.24) is 0 Å². The largest absolute Gasteiger partial charge is 0.493 e. The van der Waals surface area contributed by atoms with Crippen LogP contribution in [0.2, 0.25) is 0 Å². The van der Waals surface area contributed by atoms with E-state index in [1.54, 1.807) is 29.2 Å². The molecule has 2 aliphatic rings. The van der Waals surface area contributed by atoms with Gasteiger partial charge in [-0.15, -0.1) is 0 Å². The van der Waals surface area contributed by atoms with Crippen molar-refractivity contribution >= 4 is 17.6 Å². The lowest BCUT2D eigenvalue weighted by atomic mass is 10.1. The van der Waals surface area contributed by atoms with Crippen molar-refractivity contribution in [2.75, 3.05) is 51.8 Å². The molecule has 0 aromatic heterocycles. The Bertz CT molecular complexity index is 922. The van der Waals surface area contributed by atoms with E-state index in [1.165, 1.54) is 23.1 Å². The van der Waals surface area contributed by atoms with E-state index < -0.39 is 5.97 Å². The van der Waals surface area contributed by atoms with Crippen LogP contribution in [0.1, 0.15) is 21.5 Å². The molecule has 0 bridgehead atoms. The minimum Gasteiger partial charge on any atom is -0.493 e. The quantitative estimate of drug-likeness (QED) is 0.552. The number of hydrogen-bond acceptors (Lipinski definition) is 4. The van der Waals surface area contributed by atoms with Gasteiger partial charge in [-0.1, -0.05) is 12.1 Å². The average molecular weight is 412 g/mol. The molecule has 0 aliphatic carbocycles. The standard InChI is InChI=1S/C23H27N3O4/c1-29-23(28)19-4-2-3-5-20(19)24-22(27)16-26-11-9-25(10-12-26)15-17-6-7-21-18(14-17)8-13-30-21/h2-7,14H,8-13,15-16H2,1H3,(H,24,27)/p+2. The summed E-state index contributed by atoms with van der Waals surface area (Å²) in [6, 6.07) is 13.5. The molecule has 0 radical (unpaired) electrons. The highest BCUT2D eigenvalue weighted by molar-refractivity contribution is 6.01. The van der Waals surface area contributed by atoms with Gasteiger partial charge in [0.25, 0.3) is 5.91 Å². The zero-order valence-electron chi connectivity index (χ0n) is 17.3. The molecule has 2 heterocycles. The second kappa shape index (κ2) is 9.28. The van der Waals surface area contributed by atoms with E-state index in [0.29, 0.717) is 17.8 Å². The molecule has 158 valence electrons. The number of benzene rings is 2. The first-order chi connectivity index (χ1) is 14.6. The number of esters is 1. The van der Waals surface area contributed by atoms with Gasteiger partial charge in [0.15, 0.2) is 6.54 Å². The second-order valence-electron chi connectivity index (χ2n) is 7.98. The highest BCUT2D eigenvalue weighted by Crippen LogP contribution is 2.25. The SMILES string of the molecule is COC(=O)c1ccccc1NC(=O)C[NH+]1CC[NH+](Cc2ccc3c(c2)CCO3)CC1. The molecule has 30 heavy (non-hydrogen) atoms. The number of nitrogens with one attached hydrogen (secondary N) is 3. The van der Waals surface area contributed by atoms with E-state index >= 15 is 0 Å². The fourth-order valence-electron chi connectivity index (χ4n) is 4.25. The predicted molar refractivity (Wildman–Crippen MR) is 112 cm³/mol. The zero-order chi connectivity index (χ0) is 20.9. The van der Waals surface area contributed by atoms with Gasteiger partial charge in [0.1, 0.15) is 38.5 Å². The molecule has 1 fully saturated rings. The predicted octanol–water partition coefficient (Wildman–Crippen LogP) is -0.670. The lowest BCUT2D eigenvalue weighted by Crippen LogP contribution is -3.28. The summed E-state index contributed by atoms with van der Waals surface area (Å²) in [5, 5.41) is 2.87. The smallest absolute Gasteiger partial charge is 0.339 e. The summed E-state index contributed by atoms with van der Waals surface area (Å²) in [5.41, 5.74) is 3.55. The summed E-state index contributed by atoms with van der Waals surface area (Å²) in [6.45, 7) is 6.19. The van der Waals surface area contributed by atoms with Gasteiger partial charge in [0.05, 0.1) is 25.0 Å². The number of amides is 1. The van der Waals surface area contributed by atoms with Crippen LogP contribution >= 0.6 is 0 Å². The molecule has 0 saturated carbocycles. The van der Waals surface area contributed by atoms with E-state index in [-0.39, 0.29) is 5.91 Å². The van der Waals surface area contributed by atoms with E-state index in [1.807, 2.05) is 0 Å². The van der Waals surface area contributed by atoms with Crippen LogP contribution in [0.4, 0.5) is 5.69 Å². The fourth-order valence-corrected chi connectivity index (χ4v) is 4.25. The van der Waals surface area contributed by atoms with Gasteiger partial charge in [0.2, 0.25) is 0 Å². The van der Waals surface area contributed by atoms with Gasteiger partial charge in [-0.2, -0.15) is 0 Å². The van der Waals surface area contributed by atoms with Crippen LogP contribution in [0.3, 0.4) is 0 Å². The molecule has 0 atom stereocenters. The van der Waals surface area contributed by atoms with Crippen molar-refractivity contribution in [3.63, 3.8) is 0 Å². The molecule has 0 unspecified atom stereocenters. The third-order valence-electron chi connectivity index (χ3n) is 5.89. The number of anilines is 1. The highest BCUT2D eigenvalue weighted by atomic mass is 16.5. The summed E-state index contributed by atoms with van der Waals surface area (Å²) in [4.78, 5) is 27.2. The number of para-hydroxylation sites is 1. The molecule has 4 rings (SSSR count). The van der Waals surface area contributed by atoms with Gasteiger partial charge >= 0.3 is 5.97 Å². The maximum atomic E-state index is 12.5. The third kappa shape index (κ3) is 4.80. The molecule has 2 aromatic rings. The average Bonchev–Trinajstić information content (AvgIpc) is 3.23. The molecule has 2 aliphatic heterocycles. The number of rotatable bonds is 6. The van der Waals surface area contributed by atoms with E-state index in [2.05, 4.69) is 23.5 Å². The molecule has 2 aromatic carbocycles. The minimum atomic E-state index is -0.450. The number of fused-ring (bicyclic) bond motifs is 1. The van der Waals surface area contributed by atoms with Crippen LogP contribution in [-0.2, 0) is 22.5 Å². The highest BCUT2D eigenvalue weighted by Gasteiger charge is 2.26. The molecule has 7 nitrogen and oxygen atoms in total. The van der Waals surface area contributed by atoms with Gasteiger partial charge in [-0.05, 0) is 35.9 Å². The normalized spacial score (nSPS) is 20.2. The summed E-state index contributed by atoms with van der Waals surface area (Å²) < 4.78 is 10.4. The molecule has 0 spiro atoms. The number of quaternary nitrogens is 2. The van der Waals surface area contributed by atoms with E-state index in [0.717, 1.165) is 51.5 Å². The van der Waals surface area contributed by atoms with Crippen LogP contribution in [0.25, 0.3) is 0 Å². The monoisotopic (exact) mass is 411 g/mol. The van der Waals surface area contributed by atoms with Crippen LogP contribution in [0.15, 0.2) is 42.5 Å². The molecular weight excluding hydrogens is 382 g/mol. The summed E-state index contributed by atoms with van der Waals surface area (Å²) in [7, 11) is 1.34. The molecule has 1 saturated heterocycles. The Labute approximate surface area is 176 Å². The summed E-state index contributed by atoms with van der Waals surface area (Å²) in [6.07, 6.45) is 1.00. The Kier molecular flexibility index (Phi) is 6.30. The van der Waals surface area contributed by atoms with Crippen LogP contribution < -0.4 is 19.9 Å². The minimum absolute atomic E-state index is 0.0802. The number of piperazine rings is 1. The van der Waals surface area contributed by atoms with Gasteiger partial charge in [-0.3, -0.25) is 4.79 Å². The second-order valence-corrected chi connectivity index (χ2v) is 7.98. The van der Waals surface area contributed by atoms with Gasteiger partial charge in [-0.25, -0.2) is 4.79 Å². The molecular formula is C23H29N3O4+2. The molecule has 1 amide bonds. The maximum absolute atomic E-state index is 12.5. The lowest BCUT2D eigenvalue weighted by molar-refractivity contribution is -1.02. The van der Waals surface area contributed by atoms with E-state index in [4.69, 9.17) is 9.47 Å². The Morgan fingerprint density at radius 2 is 1.83 bits per heavy atom. The van der Waals surface area contributed by atoms with Crippen LogP contribution in [0.5, 0.6) is 5.75 Å². The fraction of sp³-hybridized carbons (Fsp3) is 0.391. The Hall–Kier alpha value is -2.90. The number of ether oxygens (including phenoxy) is 2. The Morgan fingerprint density at radius 1 is 1.07 bits per heavy atom. The summed E-state index contributed by atoms with van der Waals surface area (Å²) in [5.74, 6) is 0.500. The van der Waals surface area contributed by atoms with E-state index in [9.17, 15) is 9.59 Å². The Morgan fingerprint density at radius 3 is 2.63 bits per heavy atom. The number of hydrogen-bond donors (Lipinski definition) is 3. The lowest BCUT2D eigenvalue weighted by Gasteiger charge is -2.29. The van der Waals surface area contributed by atoms with Crippen molar-refractivity contribution in [3.8, 4) is 5.75 Å². The first kappa shape index (κ1) is 20.4. The number of carbonyl (C=O) groups excluding carboxylic acids is 2. The van der Waals surface area contributed by atoms with Crippen molar-refractivity contribution in [2.24, 2.45) is 0 Å². The topological polar surface area (TPSA) is 73.5 Å². The van der Waals surface area contributed by atoms with Crippen molar-refractivity contribution in [3.05, 3.63) is 59.2 Å². The zero-order valence-corrected chi connectivity index (χ0v) is 17.3. The number of methoxy groups -OCH3 is 1. The maximum Gasteiger partial charge on any atom is 0.339 e. The molecule has 7 heteroatoms. The summed E-state index contributed by atoms with van der Waals surface area (Å²) >= 11 is 0. The van der Waals surface area contributed by atoms with Crippen molar-refractivity contribution in [2.45, 2.75) is 13.0 Å². The third-order valence-corrected chi connectivity index (χ3v) is 5.89. The first-order valence-electron chi connectivity index (χ1n) is 10.5. The van der Waals surface area contributed by atoms with Crippen molar-refractivity contribution < 1.29 is 28.9 Å². The van der Waals surface area contributed by atoms with Gasteiger partial charge < -0.3 is 24.6 Å². The Balaban J connectivity index is 1.26. The first-order valence-corrected chi connectivity index (χ1v) is 10.5.